The highest BCUT2D eigenvalue weighted by Gasteiger charge is 2.21. The number of phenols is 1. The van der Waals surface area contributed by atoms with Crippen LogP contribution in [0.25, 0.3) is 11.0 Å². The predicted molar refractivity (Wildman–Crippen MR) is 100.0 cm³/mol. The van der Waals surface area contributed by atoms with Gasteiger partial charge in [-0.15, -0.1) is 11.8 Å². The minimum atomic E-state index is -0.133. The molecule has 0 unspecified atom stereocenters. The molecule has 2 aliphatic heterocycles. The zero-order valence-corrected chi connectivity index (χ0v) is 14.8. The molecule has 1 fully saturated rings. The first-order valence-electron chi connectivity index (χ1n) is 8.74. The molecule has 1 atom stereocenters. The van der Waals surface area contributed by atoms with Crippen molar-refractivity contribution in [1.29, 1.82) is 0 Å². The number of fused-ring (bicyclic) bond motifs is 1. The molecule has 0 bridgehead atoms. The average molecular weight is 358 g/mol. The van der Waals surface area contributed by atoms with Gasteiger partial charge in [0.05, 0.1) is 5.56 Å². The van der Waals surface area contributed by atoms with E-state index in [-0.39, 0.29) is 17.7 Å². The number of imidazole rings is 1. The fourth-order valence-corrected chi connectivity index (χ4v) is 4.36. The second-order valence-electron chi connectivity index (χ2n) is 6.54. The minimum absolute atomic E-state index is 0.123. The van der Waals surface area contributed by atoms with E-state index in [0.29, 0.717) is 23.0 Å². The Labute approximate surface area is 150 Å². The Morgan fingerprint density at radius 3 is 3.12 bits per heavy atom. The van der Waals surface area contributed by atoms with Crippen LogP contribution in [0.2, 0.25) is 0 Å². The van der Waals surface area contributed by atoms with Crippen LogP contribution in [-0.4, -0.2) is 45.9 Å². The van der Waals surface area contributed by atoms with Crippen molar-refractivity contribution in [3.8, 4) is 5.75 Å². The summed E-state index contributed by atoms with van der Waals surface area (Å²) >= 11 is 1.84. The van der Waals surface area contributed by atoms with Crippen molar-refractivity contribution >= 4 is 28.7 Å². The second-order valence-corrected chi connectivity index (χ2v) is 7.76. The van der Waals surface area contributed by atoms with E-state index in [1.807, 2.05) is 11.8 Å². The summed E-state index contributed by atoms with van der Waals surface area (Å²) < 4.78 is 0. The van der Waals surface area contributed by atoms with E-state index in [2.05, 4.69) is 26.7 Å². The van der Waals surface area contributed by atoms with Gasteiger partial charge in [0.1, 0.15) is 22.6 Å². The van der Waals surface area contributed by atoms with E-state index in [9.17, 15) is 9.90 Å². The van der Waals surface area contributed by atoms with Crippen LogP contribution < -0.4 is 10.6 Å². The molecule has 1 aromatic carbocycles. The number of rotatable bonds is 4. The molecule has 0 saturated carbocycles. The van der Waals surface area contributed by atoms with Gasteiger partial charge in [-0.05, 0) is 42.8 Å². The molecule has 4 N–H and O–H groups in total. The lowest BCUT2D eigenvalue weighted by molar-refractivity contribution is 0.0932. The third kappa shape index (κ3) is 3.52. The van der Waals surface area contributed by atoms with E-state index >= 15 is 0 Å². The van der Waals surface area contributed by atoms with Gasteiger partial charge in [0.2, 0.25) is 0 Å². The van der Waals surface area contributed by atoms with Gasteiger partial charge in [-0.1, -0.05) is 6.08 Å². The van der Waals surface area contributed by atoms with Crippen LogP contribution in [0, 0.1) is 0 Å². The van der Waals surface area contributed by atoms with Crippen LogP contribution in [0.4, 0.5) is 0 Å². The van der Waals surface area contributed by atoms with Crippen LogP contribution in [-0.2, 0) is 6.42 Å². The van der Waals surface area contributed by atoms with Crippen LogP contribution in [0.15, 0.2) is 23.1 Å². The molecule has 3 heterocycles. The van der Waals surface area contributed by atoms with Crippen molar-refractivity contribution in [1.82, 2.24) is 20.6 Å². The molecule has 0 spiro atoms. The third-order valence-electron chi connectivity index (χ3n) is 4.67. The van der Waals surface area contributed by atoms with Crippen LogP contribution in [0.3, 0.4) is 0 Å². The summed E-state index contributed by atoms with van der Waals surface area (Å²) in [6.45, 7) is 1.80. The van der Waals surface area contributed by atoms with Gasteiger partial charge in [-0.2, -0.15) is 0 Å². The van der Waals surface area contributed by atoms with Crippen molar-refractivity contribution in [2.45, 2.75) is 31.7 Å². The Bertz CT molecular complexity index is 824. The summed E-state index contributed by atoms with van der Waals surface area (Å²) in [5, 5.41) is 16.5. The number of thioether (sulfide) groups is 1. The summed E-state index contributed by atoms with van der Waals surface area (Å²) in [5.74, 6) is 1.89. The molecule has 0 aliphatic carbocycles. The Hall–Kier alpha value is -1.99. The quantitative estimate of drug-likeness (QED) is 0.673. The lowest BCUT2D eigenvalue weighted by atomic mass is 10.1. The van der Waals surface area contributed by atoms with Crippen molar-refractivity contribution in [3.63, 3.8) is 0 Å². The molecule has 7 heteroatoms. The summed E-state index contributed by atoms with van der Waals surface area (Å²) in [5.41, 5.74) is 1.59. The summed E-state index contributed by atoms with van der Waals surface area (Å²) in [6.07, 6.45) is 6.08. The maximum absolute atomic E-state index is 12.7. The second kappa shape index (κ2) is 7.09. The number of aromatic amines is 1. The largest absolute Gasteiger partial charge is 0.506 e. The number of nitrogens with zero attached hydrogens (tertiary/aromatic N) is 1. The van der Waals surface area contributed by atoms with Crippen LogP contribution >= 0.6 is 11.8 Å². The zero-order chi connectivity index (χ0) is 17.2. The molecular formula is C18H22N4O2S. The monoisotopic (exact) mass is 358 g/mol. The molecule has 25 heavy (non-hydrogen) atoms. The van der Waals surface area contributed by atoms with E-state index in [1.54, 1.807) is 12.1 Å². The highest BCUT2D eigenvalue weighted by molar-refractivity contribution is 8.03. The fraction of sp³-hybridized carbons (Fsp3) is 0.444. The SMILES string of the molecule is O=C(N[C@H]1CCCNC1)c1ccc(O)c2[nH]c(CC3=CCCS3)nc12. The first-order valence-corrected chi connectivity index (χ1v) is 9.73. The maximum atomic E-state index is 12.7. The van der Waals surface area contributed by atoms with Crippen molar-refractivity contribution in [2.24, 2.45) is 0 Å². The Morgan fingerprint density at radius 1 is 1.44 bits per heavy atom. The highest BCUT2D eigenvalue weighted by Crippen LogP contribution is 2.30. The predicted octanol–water partition coefficient (Wildman–Crippen LogP) is 2.31. The first-order chi connectivity index (χ1) is 12.2. The molecule has 2 aromatic rings. The number of piperidine rings is 1. The number of hydrogen-bond acceptors (Lipinski definition) is 5. The number of carbonyl (C=O) groups excluding carboxylic acids is 1. The van der Waals surface area contributed by atoms with Crippen molar-refractivity contribution in [3.05, 3.63) is 34.5 Å². The molecule has 1 aromatic heterocycles. The number of benzene rings is 1. The first kappa shape index (κ1) is 16.5. The molecular weight excluding hydrogens is 336 g/mol. The van der Waals surface area contributed by atoms with E-state index in [4.69, 9.17) is 0 Å². The topological polar surface area (TPSA) is 90.0 Å². The number of H-pyrrole nitrogens is 1. The Morgan fingerprint density at radius 2 is 2.36 bits per heavy atom. The van der Waals surface area contributed by atoms with E-state index in [1.165, 1.54) is 4.91 Å². The number of amides is 1. The summed E-state index contributed by atoms with van der Waals surface area (Å²) in [7, 11) is 0. The zero-order valence-electron chi connectivity index (χ0n) is 14.0. The number of allylic oxidation sites excluding steroid dienone is 2. The van der Waals surface area contributed by atoms with Gasteiger partial charge < -0.3 is 20.7 Å². The number of aromatic nitrogens is 2. The Kier molecular flexibility index (Phi) is 4.67. The van der Waals surface area contributed by atoms with Gasteiger partial charge in [-0.3, -0.25) is 4.79 Å². The van der Waals surface area contributed by atoms with Crippen molar-refractivity contribution < 1.29 is 9.90 Å². The number of aromatic hydroxyl groups is 1. The smallest absolute Gasteiger partial charge is 0.253 e. The van der Waals surface area contributed by atoms with Gasteiger partial charge >= 0.3 is 0 Å². The maximum Gasteiger partial charge on any atom is 0.253 e. The minimum Gasteiger partial charge on any atom is -0.506 e. The van der Waals surface area contributed by atoms with Gasteiger partial charge in [0.25, 0.3) is 5.91 Å². The number of nitrogens with one attached hydrogen (secondary N) is 3. The highest BCUT2D eigenvalue weighted by atomic mass is 32.2. The number of hydrogen-bond donors (Lipinski definition) is 4. The lowest BCUT2D eigenvalue weighted by Gasteiger charge is -2.23. The van der Waals surface area contributed by atoms with Gasteiger partial charge in [0, 0.05) is 24.8 Å². The summed E-state index contributed by atoms with van der Waals surface area (Å²) in [6, 6.07) is 3.35. The average Bonchev–Trinajstić information content (AvgIpc) is 3.26. The van der Waals surface area contributed by atoms with E-state index < -0.39 is 0 Å². The summed E-state index contributed by atoms with van der Waals surface area (Å²) in [4.78, 5) is 21.8. The normalized spacial score (nSPS) is 20.6. The van der Waals surface area contributed by atoms with Crippen LogP contribution in [0.5, 0.6) is 5.75 Å². The molecule has 0 radical (unpaired) electrons. The Balaban J connectivity index is 1.60. The molecule has 2 aliphatic rings. The van der Waals surface area contributed by atoms with Gasteiger partial charge in [0.15, 0.2) is 0 Å². The fourth-order valence-electron chi connectivity index (χ4n) is 3.39. The molecule has 1 amide bonds. The molecule has 4 rings (SSSR count). The molecule has 6 nitrogen and oxygen atoms in total. The van der Waals surface area contributed by atoms with E-state index in [0.717, 1.165) is 43.9 Å². The lowest BCUT2D eigenvalue weighted by Crippen LogP contribution is -2.45. The number of phenolic OH excluding ortho intramolecular Hbond substituents is 1. The van der Waals surface area contributed by atoms with Gasteiger partial charge in [-0.25, -0.2) is 4.98 Å². The number of carbonyl (C=O) groups is 1. The third-order valence-corrected chi connectivity index (χ3v) is 5.79. The molecule has 1 saturated heterocycles. The standard InChI is InChI=1S/C18H22N4O2S/c23-14-6-5-13(18(24)20-11-3-1-7-19-10-11)16-17(14)22-15(21-16)9-12-4-2-8-25-12/h4-6,11,19,23H,1-3,7-10H2,(H,20,24)(H,21,22)/t11-/m0/s1. The van der Waals surface area contributed by atoms with Crippen molar-refractivity contribution in [2.75, 3.05) is 18.8 Å². The van der Waals surface area contributed by atoms with Crippen LogP contribution in [0.1, 0.15) is 35.4 Å². The molecule has 132 valence electrons.